The van der Waals surface area contributed by atoms with E-state index >= 15 is 0 Å². The van der Waals surface area contributed by atoms with Crippen LogP contribution in [0.25, 0.3) is 11.0 Å². The van der Waals surface area contributed by atoms with Crippen molar-refractivity contribution in [2.45, 2.75) is 39.3 Å². The largest absolute Gasteiger partial charge is 0.328 e. The molecule has 2 aromatic carbocycles. The minimum absolute atomic E-state index is 0.0735. The first-order valence-corrected chi connectivity index (χ1v) is 11.2. The van der Waals surface area contributed by atoms with Crippen LogP contribution >= 0.6 is 0 Å². The predicted molar refractivity (Wildman–Crippen MR) is 130 cm³/mol. The molecular weight excluding hydrogens is 410 g/mol. The molecule has 2 aliphatic heterocycles. The zero-order chi connectivity index (χ0) is 22.5. The molecule has 0 saturated carbocycles. The van der Waals surface area contributed by atoms with Crippen LogP contribution in [0.1, 0.15) is 47.7 Å². The van der Waals surface area contributed by atoms with Gasteiger partial charge in [0, 0.05) is 42.4 Å². The summed E-state index contributed by atoms with van der Waals surface area (Å²) in [6.07, 6.45) is 6.35. The molecule has 6 heteroatoms. The second-order valence-electron chi connectivity index (χ2n) is 8.94. The van der Waals surface area contributed by atoms with Crippen molar-refractivity contribution in [3.05, 3.63) is 89.0 Å². The van der Waals surface area contributed by atoms with Crippen molar-refractivity contribution in [2.75, 3.05) is 0 Å². The number of pyridine rings is 1. The molecule has 0 N–H and O–H groups in total. The van der Waals surface area contributed by atoms with Gasteiger partial charge in [-0.15, -0.1) is 0 Å². The lowest BCUT2D eigenvalue weighted by atomic mass is 9.96. The normalized spacial score (nSPS) is 14.4. The molecule has 0 amide bonds. The van der Waals surface area contributed by atoms with Crippen LogP contribution in [0.4, 0.5) is 5.69 Å². The molecule has 33 heavy (non-hydrogen) atoms. The molecule has 0 spiro atoms. The van der Waals surface area contributed by atoms with Gasteiger partial charge in [-0.2, -0.15) is 0 Å². The second kappa shape index (κ2) is 7.59. The number of ketones is 1. The van der Waals surface area contributed by atoms with Gasteiger partial charge in [-0.1, -0.05) is 12.1 Å². The van der Waals surface area contributed by atoms with Crippen molar-refractivity contribution in [1.29, 1.82) is 0 Å². The number of carbonyl (C=O) groups is 1. The average Bonchev–Trinajstić information content (AvgIpc) is 3.53. The highest BCUT2D eigenvalue weighted by Crippen LogP contribution is 2.34. The maximum atomic E-state index is 13.1. The Morgan fingerprint density at radius 2 is 1.91 bits per heavy atom. The molecule has 0 bridgehead atoms. The first-order valence-electron chi connectivity index (χ1n) is 11.2. The highest BCUT2D eigenvalue weighted by molar-refractivity contribution is 6.42. The summed E-state index contributed by atoms with van der Waals surface area (Å²) in [6, 6.07) is 14.6. The van der Waals surface area contributed by atoms with E-state index in [0.717, 1.165) is 44.7 Å². The third kappa shape index (κ3) is 3.39. The zero-order valence-electron chi connectivity index (χ0n) is 18.6. The van der Waals surface area contributed by atoms with E-state index < -0.39 is 0 Å². The minimum Gasteiger partial charge on any atom is -0.328 e. The quantitative estimate of drug-likeness (QED) is 0.454. The van der Waals surface area contributed by atoms with Crippen LogP contribution < -0.4 is 0 Å². The van der Waals surface area contributed by atoms with E-state index in [-0.39, 0.29) is 5.78 Å². The van der Waals surface area contributed by atoms with Crippen molar-refractivity contribution in [3.63, 3.8) is 0 Å². The number of benzene rings is 2. The summed E-state index contributed by atoms with van der Waals surface area (Å²) in [6.45, 7) is 4.92. The molecule has 4 heterocycles. The number of hydrogen-bond acceptors (Lipinski definition) is 5. The Labute approximate surface area is 191 Å². The van der Waals surface area contributed by atoms with Crippen LogP contribution in [0.2, 0.25) is 0 Å². The standard InChI is InChI=1S/C27H23N5O/c1-16(2)32-15-30-22-4-3-17(9-25(22)32)10-26(33)24-12-19-11-20-14-29-27(18-5-7-28-8-6-18)21(20)13-23(19)31-24/h3-9,11,13,15-16H,10,12,14H2,1-2H3. The molecule has 0 aliphatic carbocycles. The third-order valence-corrected chi connectivity index (χ3v) is 6.42. The number of aromatic nitrogens is 3. The van der Waals surface area contributed by atoms with Gasteiger partial charge in [-0.3, -0.25) is 14.8 Å². The Bertz CT molecular complexity index is 1480. The summed E-state index contributed by atoms with van der Waals surface area (Å²) in [4.78, 5) is 31.2. The lowest BCUT2D eigenvalue weighted by molar-refractivity contribution is -0.112. The fourth-order valence-electron chi connectivity index (χ4n) is 4.69. The van der Waals surface area contributed by atoms with Gasteiger partial charge in [-0.25, -0.2) is 9.98 Å². The Morgan fingerprint density at radius 1 is 1.06 bits per heavy atom. The molecule has 0 unspecified atom stereocenters. The molecule has 0 atom stereocenters. The highest BCUT2D eigenvalue weighted by atomic mass is 16.1. The van der Waals surface area contributed by atoms with E-state index in [0.29, 0.717) is 31.1 Å². The van der Waals surface area contributed by atoms with E-state index in [1.807, 2.05) is 30.6 Å². The molecule has 162 valence electrons. The lowest BCUT2D eigenvalue weighted by Gasteiger charge is -2.09. The fraction of sp³-hybridized carbons (Fsp3) is 0.222. The summed E-state index contributed by atoms with van der Waals surface area (Å²) in [7, 11) is 0. The third-order valence-electron chi connectivity index (χ3n) is 6.42. The summed E-state index contributed by atoms with van der Waals surface area (Å²) < 4.78 is 2.13. The molecule has 0 radical (unpaired) electrons. The van der Waals surface area contributed by atoms with Gasteiger partial charge >= 0.3 is 0 Å². The number of imidazole rings is 1. The fourth-order valence-corrected chi connectivity index (χ4v) is 4.69. The smallest absolute Gasteiger partial charge is 0.181 e. The van der Waals surface area contributed by atoms with Gasteiger partial charge in [0.05, 0.1) is 41.0 Å². The van der Waals surface area contributed by atoms with Crippen molar-refractivity contribution in [1.82, 2.24) is 14.5 Å². The van der Waals surface area contributed by atoms with Crippen LogP contribution in [0.5, 0.6) is 0 Å². The van der Waals surface area contributed by atoms with E-state index in [9.17, 15) is 4.79 Å². The number of aliphatic imine (C=N–C) groups is 2. The van der Waals surface area contributed by atoms with Crippen LogP contribution in [0.3, 0.4) is 0 Å². The predicted octanol–water partition coefficient (Wildman–Crippen LogP) is 4.80. The number of Topliss-reactive ketones (excluding diaryl/α,β-unsaturated/α-hetero) is 1. The summed E-state index contributed by atoms with van der Waals surface area (Å²) in [5.74, 6) is 0.0735. The highest BCUT2D eigenvalue weighted by Gasteiger charge is 2.26. The van der Waals surface area contributed by atoms with Crippen LogP contribution in [-0.4, -0.2) is 31.7 Å². The summed E-state index contributed by atoms with van der Waals surface area (Å²) >= 11 is 0. The maximum absolute atomic E-state index is 13.1. The monoisotopic (exact) mass is 433 g/mol. The van der Waals surface area contributed by atoms with Crippen molar-refractivity contribution >= 4 is 33.9 Å². The van der Waals surface area contributed by atoms with Gasteiger partial charge in [0.25, 0.3) is 0 Å². The topological polar surface area (TPSA) is 72.5 Å². The molecule has 6 rings (SSSR count). The summed E-state index contributed by atoms with van der Waals surface area (Å²) in [5.41, 5.74) is 9.94. The van der Waals surface area contributed by atoms with Crippen LogP contribution in [0.15, 0.2) is 71.2 Å². The first-order chi connectivity index (χ1) is 16.1. The van der Waals surface area contributed by atoms with Crippen molar-refractivity contribution in [3.8, 4) is 0 Å². The van der Waals surface area contributed by atoms with E-state index in [1.54, 1.807) is 12.4 Å². The summed E-state index contributed by atoms with van der Waals surface area (Å²) in [5, 5.41) is 0. The number of fused-ring (bicyclic) bond motifs is 3. The van der Waals surface area contributed by atoms with E-state index in [4.69, 9.17) is 9.98 Å². The second-order valence-corrected chi connectivity index (χ2v) is 8.94. The zero-order valence-corrected chi connectivity index (χ0v) is 18.6. The first kappa shape index (κ1) is 19.7. The Kier molecular flexibility index (Phi) is 4.54. The Hall–Kier alpha value is -3.93. The molecule has 6 nitrogen and oxygen atoms in total. The van der Waals surface area contributed by atoms with Crippen LogP contribution in [-0.2, 0) is 24.2 Å². The molecule has 0 fully saturated rings. The number of carbonyl (C=O) groups excluding carboxylic acids is 1. The molecule has 4 aromatic rings. The molecule has 0 saturated heterocycles. The minimum atomic E-state index is 0.0735. The molecule has 2 aromatic heterocycles. The maximum Gasteiger partial charge on any atom is 0.181 e. The van der Waals surface area contributed by atoms with E-state index in [2.05, 4.69) is 46.6 Å². The average molecular weight is 434 g/mol. The van der Waals surface area contributed by atoms with Gasteiger partial charge in [0.15, 0.2) is 5.78 Å². The number of nitrogens with zero attached hydrogens (tertiary/aromatic N) is 5. The van der Waals surface area contributed by atoms with Gasteiger partial charge in [0.1, 0.15) is 0 Å². The number of hydrogen-bond donors (Lipinski definition) is 0. The van der Waals surface area contributed by atoms with Crippen LogP contribution in [0, 0.1) is 0 Å². The van der Waals surface area contributed by atoms with Gasteiger partial charge in [-0.05, 0) is 60.9 Å². The SMILES string of the molecule is CC(C)n1cnc2ccc(CC(=O)C3=Nc4cc5c(cc4C3)CN=C5c3ccncc3)cc21. The number of rotatable bonds is 5. The lowest BCUT2D eigenvalue weighted by Crippen LogP contribution is -2.16. The van der Waals surface area contributed by atoms with E-state index in [1.165, 1.54) is 5.56 Å². The van der Waals surface area contributed by atoms with Gasteiger partial charge in [0.2, 0.25) is 0 Å². The van der Waals surface area contributed by atoms with Crippen molar-refractivity contribution in [2.24, 2.45) is 9.98 Å². The molecular formula is C27H23N5O. The Balaban J connectivity index is 1.26. The van der Waals surface area contributed by atoms with Crippen molar-refractivity contribution < 1.29 is 4.79 Å². The Morgan fingerprint density at radius 3 is 2.73 bits per heavy atom. The van der Waals surface area contributed by atoms with Gasteiger partial charge < -0.3 is 4.57 Å². The molecule has 2 aliphatic rings.